The maximum atomic E-state index is 12.6. The summed E-state index contributed by atoms with van der Waals surface area (Å²) < 4.78 is 0. The van der Waals surface area contributed by atoms with Gasteiger partial charge in [0.05, 0.1) is 5.92 Å². The summed E-state index contributed by atoms with van der Waals surface area (Å²) in [7, 11) is 0. The van der Waals surface area contributed by atoms with E-state index in [4.69, 9.17) is 11.6 Å². The predicted octanol–water partition coefficient (Wildman–Crippen LogP) is 4.45. The van der Waals surface area contributed by atoms with Crippen molar-refractivity contribution >= 4 is 34.0 Å². The minimum atomic E-state index is -0.231. The molecule has 2 aromatic rings. The van der Waals surface area contributed by atoms with Gasteiger partial charge in [-0.15, -0.1) is 10.2 Å². The Balaban J connectivity index is 1.75. The van der Waals surface area contributed by atoms with Crippen LogP contribution in [0.4, 0.5) is 5.13 Å². The molecule has 1 atom stereocenters. The van der Waals surface area contributed by atoms with E-state index in [1.54, 1.807) is 0 Å². The first-order chi connectivity index (χ1) is 10.5. The fraction of sp³-hybridized carbons (Fsp3) is 0.438. The van der Waals surface area contributed by atoms with Gasteiger partial charge in [-0.2, -0.15) is 0 Å². The molecular formula is C16H18ClN3OS. The third-order valence-corrected chi connectivity index (χ3v) is 5.03. The summed E-state index contributed by atoms with van der Waals surface area (Å²) in [5, 5.41) is 13.4. The number of benzene rings is 1. The Morgan fingerprint density at radius 1 is 1.27 bits per heavy atom. The number of nitrogens with one attached hydrogen (secondary N) is 1. The SMILES string of the molecule is CC(C)[C@@H](C(=O)Nc1nnc(C2CC2)s1)c1ccc(Cl)cc1. The van der Waals surface area contributed by atoms with Crippen LogP contribution in [0.15, 0.2) is 24.3 Å². The summed E-state index contributed by atoms with van der Waals surface area (Å²) in [4.78, 5) is 12.6. The van der Waals surface area contributed by atoms with E-state index in [9.17, 15) is 4.79 Å². The van der Waals surface area contributed by atoms with Gasteiger partial charge in [-0.3, -0.25) is 10.1 Å². The number of aromatic nitrogens is 2. The lowest BCUT2D eigenvalue weighted by molar-refractivity contribution is -0.118. The molecule has 1 aromatic carbocycles. The maximum Gasteiger partial charge on any atom is 0.234 e. The van der Waals surface area contributed by atoms with Crippen molar-refractivity contribution in [2.75, 3.05) is 5.32 Å². The zero-order chi connectivity index (χ0) is 15.7. The van der Waals surface area contributed by atoms with Crippen LogP contribution in [0.2, 0.25) is 5.02 Å². The van der Waals surface area contributed by atoms with Crippen LogP contribution in [0, 0.1) is 5.92 Å². The second kappa shape index (κ2) is 6.34. The molecule has 0 radical (unpaired) electrons. The molecule has 1 aliphatic carbocycles. The quantitative estimate of drug-likeness (QED) is 0.878. The number of rotatable bonds is 5. The molecule has 1 aliphatic rings. The highest BCUT2D eigenvalue weighted by molar-refractivity contribution is 7.15. The molecule has 4 nitrogen and oxygen atoms in total. The summed E-state index contributed by atoms with van der Waals surface area (Å²) in [5.74, 6) is 0.457. The van der Waals surface area contributed by atoms with Gasteiger partial charge >= 0.3 is 0 Å². The molecule has 1 heterocycles. The van der Waals surface area contributed by atoms with Crippen LogP contribution in [-0.4, -0.2) is 16.1 Å². The normalized spacial score (nSPS) is 15.8. The van der Waals surface area contributed by atoms with Crippen LogP contribution in [0.3, 0.4) is 0 Å². The van der Waals surface area contributed by atoms with E-state index in [0.29, 0.717) is 16.1 Å². The van der Waals surface area contributed by atoms with E-state index in [2.05, 4.69) is 15.5 Å². The number of hydrogen-bond acceptors (Lipinski definition) is 4. The van der Waals surface area contributed by atoms with E-state index in [1.807, 2.05) is 38.1 Å². The van der Waals surface area contributed by atoms with Crippen LogP contribution >= 0.6 is 22.9 Å². The molecule has 1 saturated carbocycles. The van der Waals surface area contributed by atoms with E-state index in [-0.39, 0.29) is 17.7 Å². The van der Waals surface area contributed by atoms with Gasteiger partial charge in [-0.1, -0.05) is 48.9 Å². The van der Waals surface area contributed by atoms with Crippen LogP contribution in [-0.2, 0) is 4.79 Å². The van der Waals surface area contributed by atoms with Crippen molar-refractivity contribution in [3.05, 3.63) is 39.9 Å². The van der Waals surface area contributed by atoms with Gasteiger partial charge in [0, 0.05) is 10.9 Å². The van der Waals surface area contributed by atoms with E-state index in [0.717, 1.165) is 10.6 Å². The van der Waals surface area contributed by atoms with E-state index in [1.165, 1.54) is 24.2 Å². The highest BCUT2D eigenvalue weighted by Gasteiger charge is 2.29. The second-order valence-electron chi connectivity index (χ2n) is 5.98. The third-order valence-electron chi connectivity index (χ3n) is 3.78. The molecule has 1 aromatic heterocycles. The molecular weight excluding hydrogens is 318 g/mol. The summed E-state index contributed by atoms with van der Waals surface area (Å²) in [6.07, 6.45) is 2.37. The monoisotopic (exact) mass is 335 g/mol. The number of carbonyl (C=O) groups is 1. The lowest BCUT2D eigenvalue weighted by Crippen LogP contribution is -2.25. The first kappa shape index (κ1) is 15.4. The smallest absolute Gasteiger partial charge is 0.234 e. The Kier molecular flexibility index (Phi) is 4.45. The maximum absolute atomic E-state index is 12.6. The van der Waals surface area contributed by atoms with Gasteiger partial charge < -0.3 is 0 Å². The molecule has 0 unspecified atom stereocenters. The van der Waals surface area contributed by atoms with Crippen LogP contribution < -0.4 is 5.32 Å². The number of nitrogens with zero attached hydrogens (tertiary/aromatic N) is 2. The molecule has 0 aliphatic heterocycles. The zero-order valence-corrected chi connectivity index (χ0v) is 14.1. The van der Waals surface area contributed by atoms with Gasteiger partial charge in [0.15, 0.2) is 0 Å². The molecule has 1 fully saturated rings. The van der Waals surface area contributed by atoms with Gasteiger partial charge in [0.2, 0.25) is 11.0 Å². The number of hydrogen-bond donors (Lipinski definition) is 1. The molecule has 0 spiro atoms. The van der Waals surface area contributed by atoms with Crippen molar-refractivity contribution < 1.29 is 4.79 Å². The predicted molar refractivity (Wildman–Crippen MR) is 89.5 cm³/mol. The first-order valence-corrected chi connectivity index (χ1v) is 8.63. The lowest BCUT2D eigenvalue weighted by Gasteiger charge is -2.20. The summed E-state index contributed by atoms with van der Waals surface area (Å²) in [5.41, 5.74) is 0.962. The largest absolute Gasteiger partial charge is 0.300 e. The Morgan fingerprint density at radius 2 is 1.95 bits per heavy atom. The van der Waals surface area contributed by atoms with Gasteiger partial charge in [0.1, 0.15) is 5.01 Å². The van der Waals surface area contributed by atoms with Crippen molar-refractivity contribution in [2.24, 2.45) is 5.92 Å². The van der Waals surface area contributed by atoms with Crippen molar-refractivity contribution in [3.8, 4) is 0 Å². The summed E-state index contributed by atoms with van der Waals surface area (Å²) >= 11 is 7.41. The fourth-order valence-electron chi connectivity index (χ4n) is 2.47. The molecule has 1 amide bonds. The van der Waals surface area contributed by atoms with Gasteiger partial charge in [-0.25, -0.2) is 0 Å². The Morgan fingerprint density at radius 3 is 2.55 bits per heavy atom. The average Bonchev–Trinajstić information content (AvgIpc) is 3.22. The third kappa shape index (κ3) is 3.47. The Hall–Kier alpha value is -1.46. The first-order valence-electron chi connectivity index (χ1n) is 7.44. The number of halogens is 1. The van der Waals surface area contributed by atoms with Crippen LogP contribution in [0.1, 0.15) is 49.1 Å². The molecule has 1 N–H and O–H groups in total. The summed E-state index contributed by atoms with van der Waals surface area (Å²) in [6.45, 7) is 4.07. The zero-order valence-electron chi connectivity index (χ0n) is 12.5. The molecule has 0 bridgehead atoms. The van der Waals surface area contributed by atoms with E-state index >= 15 is 0 Å². The van der Waals surface area contributed by atoms with Crippen molar-refractivity contribution in [2.45, 2.75) is 38.5 Å². The molecule has 116 valence electrons. The highest BCUT2D eigenvalue weighted by atomic mass is 35.5. The molecule has 3 rings (SSSR count). The van der Waals surface area contributed by atoms with Gasteiger partial charge in [0.25, 0.3) is 0 Å². The van der Waals surface area contributed by atoms with Crippen molar-refractivity contribution in [1.29, 1.82) is 0 Å². The van der Waals surface area contributed by atoms with Crippen LogP contribution in [0.5, 0.6) is 0 Å². The van der Waals surface area contributed by atoms with Gasteiger partial charge in [-0.05, 0) is 36.5 Å². The average molecular weight is 336 g/mol. The van der Waals surface area contributed by atoms with Crippen molar-refractivity contribution in [1.82, 2.24) is 10.2 Å². The molecule has 0 saturated heterocycles. The summed E-state index contributed by atoms with van der Waals surface area (Å²) in [6, 6.07) is 7.44. The Labute approximate surface area is 138 Å². The molecule has 22 heavy (non-hydrogen) atoms. The van der Waals surface area contributed by atoms with E-state index < -0.39 is 0 Å². The fourth-order valence-corrected chi connectivity index (χ4v) is 3.51. The lowest BCUT2D eigenvalue weighted by atomic mass is 9.88. The second-order valence-corrected chi connectivity index (χ2v) is 7.43. The topological polar surface area (TPSA) is 54.9 Å². The molecule has 6 heteroatoms. The number of carbonyl (C=O) groups excluding carboxylic acids is 1. The minimum absolute atomic E-state index is 0.0455. The number of anilines is 1. The van der Waals surface area contributed by atoms with Crippen molar-refractivity contribution in [3.63, 3.8) is 0 Å². The Bertz CT molecular complexity index is 664. The minimum Gasteiger partial charge on any atom is -0.300 e. The highest BCUT2D eigenvalue weighted by Crippen LogP contribution is 2.42. The number of amides is 1. The van der Waals surface area contributed by atoms with Crippen LogP contribution in [0.25, 0.3) is 0 Å². The standard InChI is InChI=1S/C16H18ClN3OS/c1-9(2)13(10-5-7-12(17)8-6-10)14(21)18-16-20-19-15(22-16)11-3-4-11/h5-9,11,13H,3-4H2,1-2H3,(H,18,20,21)/t13-/m1/s1.